The second-order valence-electron chi connectivity index (χ2n) is 9.60. The van der Waals surface area contributed by atoms with E-state index in [0.717, 1.165) is 45.3 Å². The van der Waals surface area contributed by atoms with Crippen LogP contribution in [0, 0.1) is 0 Å². The zero-order chi connectivity index (χ0) is 23.4. The summed E-state index contributed by atoms with van der Waals surface area (Å²) < 4.78 is 0.978. The van der Waals surface area contributed by atoms with E-state index in [2.05, 4.69) is 37.1 Å². The van der Waals surface area contributed by atoms with Gasteiger partial charge in [0.15, 0.2) is 5.82 Å². The van der Waals surface area contributed by atoms with E-state index in [0.29, 0.717) is 23.7 Å². The standard InChI is InChI=1S/C24H26N8OS/c1-24(2,33)15-4-14(7-25-8-15)23-28-18-6-20(27-9-19(18)34-23)29-21-10-26-11-22(30-21)32-13-16-5-17(32)12-31(16)3/h4,6-11,16-17,33H,5,12-13H2,1-3H3,(H,27,29,30)/t16-,17-/m0/s1. The number of hydrogen-bond donors (Lipinski definition) is 2. The maximum atomic E-state index is 10.3. The number of aliphatic hydroxyl groups is 1. The molecule has 0 aromatic carbocycles. The topological polar surface area (TPSA) is 103 Å². The lowest BCUT2D eigenvalue weighted by Crippen LogP contribution is -2.44. The van der Waals surface area contributed by atoms with E-state index >= 15 is 0 Å². The highest BCUT2D eigenvalue weighted by atomic mass is 32.1. The summed E-state index contributed by atoms with van der Waals surface area (Å²) in [6.45, 7) is 5.56. The fraction of sp³-hybridized carbons (Fsp3) is 0.375. The van der Waals surface area contributed by atoms with Crippen LogP contribution in [-0.2, 0) is 5.60 Å². The average molecular weight is 475 g/mol. The quantitative estimate of drug-likeness (QED) is 0.450. The fourth-order valence-electron chi connectivity index (χ4n) is 4.75. The van der Waals surface area contributed by atoms with E-state index in [1.165, 1.54) is 6.42 Å². The second-order valence-corrected chi connectivity index (χ2v) is 10.6. The normalized spacial score (nSPS) is 20.4. The molecule has 2 aliphatic heterocycles. The molecule has 4 aromatic rings. The predicted octanol–water partition coefficient (Wildman–Crippen LogP) is 3.41. The molecule has 34 heavy (non-hydrogen) atoms. The Bertz CT molecular complexity index is 1360. The number of nitrogens with zero attached hydrogens (tertiary/aromatic N) is 7. The van der Waals surface area contributed by atoms with Gasteiger partial charge in [0.2, 0.25) is 0 Å². The molecule has 0 unspecified atom stereocenters. The van der Waals surface area contributed by atoms with E-state index in [1.807, 2.05) is 24.5 Å². The van der Waals surface area contributed by atoms with Gasteiger partial charge in [-0.05, 0) is 33.4 Å². The van der Waals surface area contributed by atoms with Crippen molar-refractivity contribution in [3.05, 3.63) is 48.7 Å². The molecule has 2 atom stereocenters. The van der Waals surface area contributed by atoms with Gasteiger partial charge >= 0.3 is 0 Å². The molecular weight excluding hydrogens is 448 g/mol. The van der Waals surface area contributed by atoms with Crippen LogP contribution in [0.1, 0.15) is 25.8 Å². The molecule has 4 aromatic heterocycles. The number of pyridine rings is 2. The Morgan fingerprint density at radius 3 is 2.62 bits per heavy atom. The van der Waals surface area contributed by atoms with Crippen LogP contribution in [0.4, 0.5) is 17.5 Å². The summed E-state index contributed by atoms with van der Waals surface area (Å²) in [6, 6.07) is 4.96. The zero-order valence-corrected chi connectivity index (χ0v) is 20.1. The molecule has 2 N–H and O–H groups in total. The summed E-state index contributed by atoms with van der Waals surface area (Å²) in [5.74, 6) is 2.24. The van der Waals surface area contributed by atoms with Gasteiger partial charge in [-0.2, -0.15) is 0 Å². The van der Waals surface area contributed by atoms with Gasteiger partial charge in [0.05, 0.1) is 28.2 Å². The second kappa shape index (κ2) is 7.93. The van der Waals surface area contributed by atoms with Gasteiger partial charge in [-0.3, -0.25) is 14.9 Å². The van der Waals surface area contributed by atoms with Crippen molar-refractivity contribution in [2.24, 2.45) is 0 Å². The van der Waals surface area contributed by atoms with Crippen LogP contribution in [0.15, 0.2) is 43.1 Å². The Hall–Kier alpha value is -3.21. The van der Waals surface area contributed by atoms with E-state index in [1.54, 1.807) is 43.8 Å². The summed E-state index contributed by atoms with van der Waals surface area (Å²) in [6.07, 6.45) is 10.0. The van der Waals surface area contributed by atoms with Crippen molar-refractivity contribution in [1.82, 2.24) is 29.8 Å². The van der Waals surface area contributed by atoms with E-state index in [9.17, 15) is 5.11 Å². The summed E-state index contributed by atoms with van der Waals surface area (Å²) in [5, 5.41) is 14.4. The number of fused-ring (bicyclic) bond motifs is 3. The maximum Gasteiger partial charge on any atom is 0.152 e. The zero-order valence-electron chi connectivity index (χ0n) is 19.3. The third-order valence-electron chi connectivity index (χ3n) is 6.65. The minimum atomic E-state index is -0.960. The van der Waals surface area contributed by atoms with Gasteiger partial charge in [0, 0.05) is 61.0 Å². The van der Waals surface area contributed by atoms with E-state index in [-0.39, 0.29) is 0 Å². The number of likely N-dealkylation sites (N-methyl/N-ethyl adjacent to an activating group) is 1. The van der Waals surface area contributed by atoms with Crippen LogP contribution in [0.3, 0.4) is 0 Å². The number of nitrogens with one attached hydrogen (secondary N) is 1. The van der Waals surface area contributed by atoms with Crippen LogP contribution in [-0.4, -0.2) is 67.1 Å². The third-order valence-corrected chi connectivity index (χ3v) is 7.71. The molecule has 6 heterocycles. The largest absolute Gasteiger partial charge is 0.386 e. The Balaban J connectivity index is 1.24. The van der Waals surface area contributed by atoms with Crippen molar-refractivity contribution in [1.29, 1.82) is 0 Å². The SMILES string of the molecule is CN1C[C@@H]2C[C@H]1CN2c1cncc(Nc2cc3nc(-c4cncc(C(C)(C)O)c4)sc3cn2)n1. The Labute approximate surface area is 201 Å². The molecule has 0 amide bonds. The molecule has 2 aliphatic rings. The number of rotatable bonds is 5. The van der Waals surface area contributed by atoms with Crippen molar-refractivity contribution in [2.75, 3.05) is 30.4 Å². The van der Waals surface area contributed by atoms with Gasteiger partial charge in [-0.15, -0.1) is 11.3 Å². The van der Waals surface area contributed by atoms with Crippen LogP contribution >= 0.6 is 11.3 Å². The molecule has 0 spiro atoms. The molecule has 6 rings (SSSR count). The first-order valence-electron chi connectivity index (χ1n) is 11.3. The van der Waals surface area contributed by atoms with Crippen molar-refractivity contribution >= 4 is 39.0 Å². The molecule has 174 valence electrons. The molecule has 0 aliphatic carbocycles. The van der Waals surface area contributed by atoms with Gasteiger partial charge in [0.25, 0.3) is 0 Å². The monoisotopic (exact) mass is 474 g/mol. The molecule has 2 saturated heterocycles. The summed E-state index contributed by atoms with van der Waals surface area (Å²) >= 11 is 1.55. The van der Waals surface area contributed by atoms with Crippen LogP contribution in [0.25, 0.3) is 20.8 Å². The Morgan fingerprint density at radius 2 is 1.85 bits per heavy atom. The summed E-state index contributed by atoms with van der Waals surface area (Å²) in [7, 11) is 2.19. The average Bonchev–Trinajstić information content (AvgIpc) is 3.52. The van der Waals surface area contributed by atoms with Crippen LogP contribution in [0.5, 0.6) is 0 Å². The van der Waals surface area contributed by atoms with Gasteiger partial charge in [0.1, 0.15) is 16.6 Å². The lowest BCUT2D eigenvalue weighted by atomic mass is 9.99. The first kappa shape index (κ1) is 21.3. The van der Waals surface area contributed by atoms with Gasteiger partial charge in [-0.25, -0.2) is 15.0 Å². The van der Waals surface area contributed by atoms with Crippen molar-refractivity contribution in [3.63, 3.8) is 0 Å². The lowest BCUT2D eigenvalue weighted by Gasteiger charge is -2.32. The number of hydrogen-bond acceptors (Lipinski definition) is 10. The van der Waals surface area contributed by atoms with Crippen molar-refractivity contribution < 1.29 is 5.11 Å². The summed E-state index contributed by atoms with van der Waals surface area (Å²) in [5.41, 5.74) is 1.51. The fourth-order valence-corrected chi connectivity index (χ4v) is 5.65. The maximum absolute atomic E-state index is 10.3. The third kappa shape index (κ3) is 3.87. The molecule has 2 bridgehead atoms. The first-order valence-corrected chi connectivity index (χ1v) is 12.2. The van der Waals surface area contributed by atoms with Crippen molar-refractivity contribution in [3.8, 4) is 10.6 Å². The molecule has 9 nitrogen and oxygen atoms in total. The number of anilines is 3. The number of piperazine rings is 1. The van der Waals surface area contributed by atoms with Gasteiger partial charge < -0.3 is 15.3 Å². The smallest absolute Gasteiger partial charge is 0.152 e. The minimum absolute atomic E-state index is 0.506. The minimum Gasteiger partial charge on any atom is -0.386 e. The van der Waals surface area contributed by atoms with E-state index < -0.39 is 5.60 Å². The van der Waals surface area contributed by atoms with E-state index in [4.69, 9.17) is 9.97 Å². The molecule has 2 fully saturated rings. The lowest BCUT2D eigenvalue weighted by molar-refractivity contribution is 0.0783. The predicted molar refractivity (Wildman–Crippen MR) is 133 cm³/mol. The van der Waals surface area contributed by atoms with Crippen molar-refractivity contribution in [2.45, 2.75) is 38.0 Å². The molecular formula is C24H26N8OS. The first-order chi connectivity index (χ1) is 16.3. The molecule has 0 radical (unpaired) electrons. The summed E-state index contributed by atoms with van der Waals surface area (Å²) in [4.78, 5) is 27.6. The molecule has 0 saturated carbocycles. The Kier molecular flexibility index (Phi) is 4.98. The highest BCUT2D eigenvalue weighted by Crippen LogP contribution is 2.34. The highest BCUT2D eigenvalue weighted by Gasteiger charge is 2.42. The van der Waals surface area contributed by atoms with Crippen LogP contribution < -0.4 is 10.2 Å². The van der Waals surface area contributed by atoms with Crippen LogP contribution in [0.2, 0.25) is 0 Å². The molecule has 10 heteroatoms. The Morgan fingerprint density at radius 1 is 1.00 bits per heavy atom. The highest BCUT2D eigenvalue weighted by molar-refractivity contribution is 7.21. The van der Waals surface area contributed by atoms with Gasteiger partial charge in [-0.1, -0.05) is 0 Å². The number of aromatic nitrogens is 5. The number of likely N-dealkylation sites (tertiary alicyclic amines) is 1. The number of thiazole rings is 1.